The van der Waals surface area contributed by atoms with Crippen molar-refractivity contribution in [3.63, 3.8) is 0 Å². The number of rotatable bonds is 7. The summed E-state index contributed by atoms with van der Waals surface area (Å²) in [6, 6.07) is 11.9. The van der Waals surface area contributed by atoms with Crippen molar-refractivity contribution < 1.29 is 14.3 Å². The smallest absolute Gasteiger partial charge is 0.309 e. The molecule has 1 fully saturated rings. The lowest BCUT2D eigenvalue weighted by molar-refractivity contribution is -0.139. The highest BCUT2D eigenvalue weighted by molar-refractivity contribution is 7.10. The zero-order chi connectivity index (χ0) is 21.6. The van der Waals surface area contributed by atoms with Crippen molar-refractivity contribution in [2.24, 2.45) is 0 Å². The lowest BCUT2D eigenvalue weighted by atomic mass is 10.1. The fourth-order valence-electron chi connectivity index (χ4n) is 4.14. The molecule has 1 saturated heterocycles. The van der Waals surface area contributed by atoms with Gasteiger partial charge in [-0.3, -0.25) is 14.5 Å². The Morgan fingerprint density at radius 2 is 1.97 bits per heavy atom. The summed E-state index contributed by atoms with van der Waals surface area (Å²) in [5.41, 5.74) is 2.19. The van der Waals surface area contributed by atoms with Crippen LogP contribution in [0.3, 0.4) is 0 Å². The molecule has 2 amide bonds. The number of morpholine rings is 1. The molecule has 31 heavy (non-hydrogen) atoms. The number of nitrogens with zero attached hydrogens (tertiary/aromatic N) is 1. The minimum Gasteiger partial charge on any atom is -0.379 e. The summed E-state index contributed by atoms with van der Waals surface area (Å²) in [6.07, 6.45) is 2.61. The fraction of sp³-hybridized carbons (Fsp3) is 0.391. The Kier molecular flexibility index (Phi) is 7.01. The molecule has 0 aliphatic carbocycles. The number of aromatic amines is 1. The number of carbonyl (C=O) groups is 2. The molecule has 0 spiro atoms. The molecule has 164 valence electrons. The summed E-state index contributed by atoms with van der Waals surface area (Å²) in [4.78, 5) is 31.7. The van der Waals surface area contributed by atoms with Crippen LogP contribution in [-0.4, -0.2) is 60.6 Å². The van der Waals surface area contributed by atoms with Crippen LogP contribution in [0.25, 0.3) is 10.9 Å². The highest BCUT2D eigenvalue weighted by Gasteiger charge is 2.30. The first kappa shape index (κ1) is 21.5. The quantitative estimate of drug-likeness (QED) is 0.493. The van der Waals surface area contributed by atoms with Gasteiger partial charge in [-0.05, 0) is 36.4 Å². The second-order valence-corrected chi connectivity index (χ2v) is 8.72. The first-order chi connectivity index (χ1) is 15.1. The maximum Gasteiger partial charge on any atom is 0.309 e. The van der Waals surface area contributed by atoms with Crippen molar-refractivity contribution >= 4 is 34.1 Å². The summed E-state index contributed by atoms with van der Waals surface area (Å²) in [5.74, 6) is -1.19. The topological polar surface area (TPSA) is 86.5 Å². The molecule has 0 unspecified atom stereocenters. The van der Waals surface area contributed by atoms with E-state index < -0.39 is 11.8 Å². The summed E-state index contributed by atoms with van der Waals surface area (Å²) in [7, 11) is 0. The number of amides is 2. The summed E-state index contributed by atoms with van der Waals surface area (Å²) < 4.78 is 5.48. The molecule has 1 aliphatic heterocycles. The third kappa shape index (κ3) is 5.15. The van der Waals surface area contributed by atoms with E-state index in [0.29, 0.717) is 26.2 Å². The van der Waals surface area contributed by atoms with Crippen LogP contribution in [-0.2, 0) is 20.7 Å². The first-order valence-corrected chi connectivity index (χ1v) is 11.5. The average molecular weight is 441 g/mol. The van der Waals surface area contributed by atoms with Gasteiger partial charge in [0.2, 0.25) is 0 Å². The molecular formula is C23H28N4O3S. The molecule has 4 rings (SSSR count). The summed E-state index contributed by atoms with van der Waals surface area (Å²) >= 11 is 1.66. The number of ether oxygens (including phenoxy) is 1. The van der Waals surface area contributed by atoms with Crippen molar-refractivity contribution in [3.05, 3.63) is 58.4 Å². The second-order valence-electron chi connectivity index (χ2n) is 7.74. The van der Waals surface area contributed by atoms with Crippen LogP contribution >= 0.6 is 11.3 Å². The average Bonchev–Trinajstić information content (AvgIpc) is 3.45. The Balaban J connectivity index is 1.32. The molecule has 0 radical (unpaired) electrons. The largest absolute Gasteiger partial charge is 0.379 e. The van der Waals surface area contributed by atoms with Gasteiger partial charge in [-0.15, -0.1) is 11.3 Å². The molecule has 3 aromatic rings. The molecule has 0 bridgehead atoms. The van der Waals surface area contributed by atoms with Gasteiger partial charge in [-0.2, -0.15) is 0 Å². The number of para-hydroxylation sites is 1. The molecule has 3 N–H and O–H groups in total. The number of hydrogen-bond donors (Lipinski definition) is 3. The van der Waals surface area contributed by atoms with Crippen LogP contribution < -0.4 is 10.6 Å². The van der Waals surface area contributed by atoms with Crippen molar-refractivity contribution in [3.8, 4) is 0 Å². The van der Waals surface area contributed by atoms with E-state index in [4.69, 9.17) is 4.74 Å². The Labute approximate surface area is 185 Å². The lowest BCUT2D eigenvalue weighted by Gasteiger charge is -2.37. The molecule has 8 heteroatoms. The SMILES string of the molecule is C[C@@H](NC(=O)C(=O)NCCc1c[nH]c2ccccc12)[C@@H](c1cccs1)N1CCOCC1. The van der Waals surface area contributed by atoms with Crippen LogP contribution in [0.1, 0.15) is 23.4 Å². The number of thiophene rings is 1. The van der Waals surface area contributed by atoms with Crippen LogP contribution in [0, 0.1) is 0 Å². The fourth-order valence-corrected chi connectivity index (χ4v) is 5.10. The van der Waals surface area contributed by atoms with Gasteiger partial charge in [0.25, 0.3) is 0 Å². The Bertz CT molecular complexity index is 1010. The first-order valence-electron chi connectivity index (χ1n) is 10.6. The van der Waals surface area contributed by atoms with Gasteiger partial charge in [-0.1, -0.05) is 24.3 Å². The predicted octanol–water partition coefficient (Wildman–Crippen LogP) is 2.47. The van der Waals surface area contributed by atoms with E-state index in [-0.39, 0.29) is 12.1 Å². The Hall–Kier alpha value is -2.68. The number of carbonyl (C=O) groups excluding carboxylic acids is 2. The highest BCUT2D eigenvalue weighted by Crippen LogP contribution is 2.29. The minimum atomic E-state index is -0.599. The standard InChI is InChI=1S/C23H28N4O3S/c1-16(21(20-7-4-14-31-20)27-10-12-30-13-11-27)26-23(29)22(28)24-9-8-17-15-25-19-6-3-2-5-18(17)19/h2-7,14-16,21,25H,8-13H2,1H3,(H,24,28)(H,26,29)/t16-,21+/m1/s1. The van der Waals surface area contributed by atoms with Crippen molar-refractivity contribution in [2.45, 2.75) is 25.4 Å². The number of hydrogen-bond acceptors (Lipinski definition) is 5. The van der Waals surface area contributed by atoms with Gasteiger partial charge in [0.1, 0.15) is 0 Å². The number of H-pyrrole nitrogens is 1. The molecule has 2 aromatic heterocycles. The van der Waals surface area contributed by atoms with Gasteiger partial charge in [0.05, 0.1) is 19.3 Å². The molecule has 3 heterocycles. The summed E-state index contributed by atoms with van der Waals surface area (Å²) in [5, 5.41) is 8.83. The number of aromatic nitrogens is 1. The van der Waals surface area contributed by atoms with E-state index >= 15 is 0 Å². The predicted molar refractivity (Wildman–Crippen MR) is 122 cm³/mol. The van der Waals surface area contributed by atoms with Crippen LogP contribution in [0.5, 0.6) is 0 Å². The van der Waals surface area contributed by atoms with E-state index in [9.17, 15) is 9.59 Å². The number of nitrogens with one attached hydrogen (secondary N) is 3. The summed E-state index contributed by atoms with van der Waals surface area (Å²) in [6.45, 7) is 5.32. The molecule has 2 atom stereocenters. The molecular weight excluding hydrogens is 412 g/mol. The van der Waals surface area contributed by atoms with E-state index in [1.54, 1.807) is 11.3 Å². The van der Waals surface area contributed by atoms with E-state index in [1.165, 1.54) is 4.88 Å². The van der Waals surface area contributed by atoms with Crippen LogP contribution in [0.2, 0.25) is 0 Å². The third-order valence-electron chi connectivity index (χ3n) is 5.67. The maximum atomic E-state index is 12.5. The number of fused-ring (bicyclic) bond motifs is 1. The Morgan fingerprint density at radius 1 is 1.16 bits per heavy atom. The molecule has 1 aromatic carbocycles. The number of benzene rings is 1. The molecule has 1 aliphatic rings. The lowest BCUT2D eigenvalue weighted by Crippen LogP contribution is -2.51. The van der Waals surface area contributed by atoms with Crippen molar-refractivity contribution in [1.29, 1.82) is 0 Å². The maximum absolute atomic E-state index is 12.5. The van der Waals surface area contributed by atoms with Crippen molar-refractivity contribution in [2.75, 3.05) is 32.8 Å². The van der Waals surface area contributed by atoms with Gasteiger partial charge in [0, 0.05) is 47.7 Å². The van der Waals surface area contributed by atoms with E-state index in [0.717, 1.165) is 29.6 Å². The zero-order valence-electron chi connectivity index (χ0n) is 17.6. The van der Waals surface area contributed by atoms with Gasteiger partial charge < -0.3 is 20.4 Å². The highest BCUT2D eigenvalue weighted by atomic mass is 32.1. The molecule has 0 saturated carbocycles. The third-order valence-corrected chi connectivity index (χ3v) is 6.61. The Morgan fingerprint density at radius 3 is 2.74 bits per heavy atom. The van der Waals surface area contributed by atoms with Crippen LogP contribution in [0.15, 0.2) is 48.0 Å². The van der Waals surface area contributed by atoms with Crippen molar-refractivity contribution in [1.82, 2.24) is 20.5 Å². The monoisotopic (exact) mass is 440 g/mol. The van der Waals surface area contributed by atoms with E-state index in [1.807, 2.05) is 48.8 Å². The van der Waals surface area contributed by atoms with Gasteiger partial charge in [0.15, 0.2) is 0 Å². The minimum absolute atomic E-state index is 0.0203. The normalized spacial score (nSPS) is 16.7. The second kappa shape index (κ2) is 10.1. The van der Waals surface area contributed by atoms with Gasteiger partial charge >= 0.3 is 11.8 Å². The van der Waals surface area contributed by atoms with Gasteiger partial charge in [-0.25, -0.2) is 0 Å². The van der Waals surface area contributed by atoms with Crippen LogP contribution in [0.4, 0.5) is 0 Å². The zero-order valence-corrected chi connectivity index (χ0v) is 18.4. The van der Waals surface area contributed by atoms with E-state index in [2.05, 4.69) is 26.6 Å². The molecule has 7 nitrogen and oxygen atoms in total.